The first-order valence-electron chi connectivity index (χ1n) is 5.62. The molecule has 0 aromatic heterocycles. The van der Waals surface area contributed by atoms with Crippen LogP contribution in [-0.4, -0.2) is 15.0 Å². The Hall–Kier alpha value is -0.490. The molecule has 0 fully saturated rings. The molecule has 102 valence electrons. The molecule has 0 aliphatic rings. The van der Waals surface area contributed by atoms with E-state index in [-0.39, 0.29) is 14.9 Å². The van der Waals surface area contributed by atoms with E-state index in [1.54, 1.807) is 0 Å². The summed E-state index contributed by atoms with van der Waals surface area (Å²) in [6.07, 6.45) is 2.76. The van der Waals surface area contributed by atoms with E-state index in [4.69, 9.17) is 28.9 Å². The summed E-state index contributed by atoms with van der Waals surface area (Å²) in [5.41, 5.74) is 5.86. The molecule has 0 saturated heterocycles. The molecule has 0 radical (unpaired) electrons. The molecule has 0 saturated carbocycles. The van der Waals surface area contributed by atoms with Gasteiger partial charge in [-0.15, -0.1) is 0 Å². The van der Waals surface area contributed by atoms with Crippen molar-refractivity contribution in [2.75, 3.05) is 12.3 Å². The Morgan fingerprint density at radius 2 is 1.78 bits per heavy atom. The molecule has 0 heterocycles. The predicted octanol–water partition coefficient (Wildman–Crippen LogP) is 3.04. The third-order valence-corrected chi connectivity index (χ3v) is 4.74. The Labute approximate surface area is 118 Å². The fourth-order valence-electron chi connectivity index (χ4n) is 1.49. The second kappa shape index (κ2) is 6.61. The summed E-state index contributed by atoms with van der Waals surface area (Å²) < 4.78 is 26.5. The number of benzene rings is 1. The van der Waals surface area contributed by atoms with Crippen molar-refractivity contribution in [3.8, 4) is 0 Å². The molecule has 0 spiro atoms. The molecule has 1 aromatic rings. The van der Waals surface area contributed by atoms with Crippen LogP contribution in [0.4, 0.5) is 5.69 Å². The summed E-state index contributed by atoms with van der Waals surface area (Å²) in [5.74, 6) is 0. The highest BCUT2D eigenvalue weighted by Gasteiger charge is 2.21. The molecule has 3 N–H and O–H groups in total. The van der Waals surface area contributed by atoms with Gasteiger partial charge in [0.1, 0.15) is 4.90 Å². The van der Waals surface area contributed by atoms with E-state index >= 15 is 0 Å². The number of rotatable bonds is 6. The minimum absolute atomic E-state index is 0.0305. The lowest BCUT2D eigenvalue weighted by Gasteiger charge is -2.10. The average Bonchev–Trinajstić information content (AvgIpc) is 2.22. The van der Waals surface area contributed by atoms with Crippen LogP contribution in [0.2, 0.25) is 10.0 Å². The largest absolute Gasteiger partial charge is 0.399 e. The van der Waals surface area contributed by atoms with Crippen molar-refractivity contribution < 1.29 is 8.42 Å². The van der Waals surface area contributed by atoms with Crippen LogP contribution in [0.5, 0.6) is 0 Å². The van der Waals surface area contributed by atoms with E-state index in [1.807, 2.05) is 6.92 Å². The summed E-state index contributed by atoms with van der Waals surface area (Å²) >= 11 is 11.8. The highest BCUT2D eigenvalue weighted by atomic mass is 35.5. The minimum atomic E-state index is -3.69. The molecule has 0 amide bonds. The van der Waals surface area contributed by atoms with E-state index in [2.05, 4.69) is 4.72 Å². The summed E-state index contributed by atoms with van der Waals surface area (Å²) in [6.45, 7) is 2.41. The van der Waals surface area contributed by atoms with Gasteiger partial charge in [0.25, 0.3) is 0 Å². The zero-order chi connectivity index (χ0) is 13.8. The fourth-order valence-corrected chi connectivity index (χ4v) is 3.79. The Kier molecular flexibility index (Phi) is 5.72. The third kappa shape index (κ3) is 4.02. The first-order chi connectivity index (χ1) is 8.38. The first kappa shape index (κ1) is 15.6. The molecule has 7 heteroatoms. The number of anilines is 1. The molecule has 0 bridgehead atoms. The molecule has 0 aliphatic heterocycles. The highest BCUT2D eigenvalue weighted by Crippen LogP contribution is 2.31. The van der Waals surface area contributed by atoms with Crippen LogP contribution in [0.15, 0.2) is 17.0 Å². The number of nitrogens with one attached hydrogen (secondary N) is 1. The van der Waals surface area contributed by atoms with Gasteiger partial charge in [-0.25, -0.2) is 13.1 Å². The van der Waals surface area contributed by atoms with Crippen molar-refractivity contribution in [3.05, 3.63) is 22.2 Å². The van der Waals surface area contributed by atoms with Gasteiger partial charge in [0.15, 0.2) is 0 Å². The maximum atomic E-state index is 12.0. The second-order valence-corrected chi connectivity index (χ2v) is 6.44. The lowest BCUT2D eigenvalue weighted by molar-refractivity contribution is 0.576. The summed E-state index contributed by atoms with van der Waals surface area (Å²) in [5, 5.41) is 0.0611. The zero-order valence-corrected chi connectivity index (χ0v) is 12.4. The fraction of sp³-hybridized carbons (Fsp3) is 0.455. The van der Waals surface area contributed by atoms with E-state index < -0.39 is 10.0 Å². The Balaban J connectivity index is 2.92. The van der Waals surface area contributed by atoms with E-state index in [0.717, 1.165) is 19.3 Å². The minimum Gasteiger partial charge on any atom is -0.399 e. The van der Waals surface area contributed by atoms with Crippen molar-refractivity contribution >= 4 is 38.9 Å². The molecule has 1 aromatic carbocycles. The molecule has 4 nitrogen and oxygen atoms in total. The average molecular weight is 311 g/mol. The van der Waals surface area contributed by atoms with Gasteiger partial charge in [0.05, 0.1) is 10.0 Å². The van der Waals surface area contributed by atoms with Crippen molar-refractivity contribution in [3.63, 3.8) is 0 Å². The van der Waals surface area contributed by atoms with Crippen LogP contribution < -0.4 is 10.5 Å². The first-order valence-corrected chi connectivity index (χ1v) is 7.86. The van der Waals surface area contributed by atoms with E-state index in [0.29, 0.717) is 12.2 Å². The van der Waals surface area contributed by atoms with E-state index in [9.17, 15) is 8.42 Å². The summed E-state index contributed by atoms with van der Waals surface area (Å²) in [6, 6.07) is 2.74. The molecular formula is C11H16Cl2N2O2S. The second-order valence-electron chi connectivity index (χ2n) is 3.92. The highest BCUT2D eigenvalue weighted by molar-refractivity contribution is 7.89. The lowest BCUT2D eigenvalue weighted by atomic mass is 10.3. The van der Waals surface area contributed by atoms with Crippen molar-refractivity contribution in [1.29, 1.82) is 0 Å². The number of hydrogen-bond donors (Lipinski definition) is 2. The van der Waals surface area contributed by atoms with Gasteiger partial charge in [0, 0.05) is 12.2 Å². The van der Waals surface area contributed by atoms with Crippen LogP contribution in [0, 0.1) is 0 Å². The van der Waals surface area contributed by atoms with Gasteiger partial charge in [0.2, 0.25) is 10.0 Å². The number of halogens is 2. The number of nitrogens with two attached hydrogens (primary N) is 1. The topological polar surface area (TPSA) is 72.2 Å². The molecule has 18 heavy (non-hydrogen) atoms. The SMILES string of the molecule is CCCCCNS(=O)(=O)c1c(Cl)cc(N)cc1Cl. The van der Waals surface area contributed by atoms with Crippen LogP contribution in [-0.2, 0) is 10.0 Å². The maximum Gasteiger partial charge on any atom is 0.243 e. The Bertz CT molecular complexity index is 495. The molecule has 0 atom stereocenters. The van der Waals surface area contributed by atoms with Crippen LogP contribution in [0.25, 0.3) is 0 Å². The molecule has 0 unspecified atom stereocenters. The van der Waals surface area contributed by atoms with Crippen molar-refractivity contribution in [1.82, 2.24) is 4.72 Å². The zero-order valence-electron chi connectivity index (χ0n) is 10.0. The van der Waals surface area contributed by atoms with E-state index in [1.165, 1.54) is 12.1 Å². The number of nitrogen functional groups attached to an aromatic ring is 1. The van der Waals surface area contributed by atoms with Gasteiger partial charge >= 0.3 is 0 Å². The van der Waals surface area contributed by atoms with Gasteiger partial charge in [-0.3, -0.25) is 0 Å². The molecular weight excluding hydrogens is 295 g/mol. The normalized spacial score (nSPS) is 11.7. The lowest BCUT2D eigenvalue weighted by Crippen LogP contribution is -2.25. The Morgan fingerprint density at radius 3 is 2.28 bits per heavy atom. The van der Waals surface area contributed by atoms with Crippen molar-refractivity contribution in [2.24, 2.45) is 0 Å². The smallest absolute Gasteiger partial charge is 0.243 e. The summed E-state index contributed by atoms with van der Waals surface area (Å²) in [4.78, 5) is -0.114. The van der Waals surface area contributed by atoms with Crippen LogP contribution >= 0.6 is 23.2 Å². The van der Waals surface area contributed by atoms with Gasteiger partial charge in [-0.1, -0.05) is 43.0 Å². The quantitative estimate of drug-likeness (QED) is 0.626. The number of hydrogen-bond acceptors (Lipinski definition) is 3. The molecule has 1 rings (SSSR count). The van der Waals surface area contributed by atoms with Gasteiger partial charge in [-0.2, -0.15) is 0 Å². The van der Waals surface area contributed by atoms with Crippen LogP contribution in [0.3, 0.4) is 0 Å². The van der Waals surface area contributed by atoms with Gasteiger partial charge in [-0.05, 0) is 18.6 Å². The summed E-state index contributed by atoms with van der Waals surface area (Å²) in [7, 11) is -3.69. The number of sulfonamides is 1. The molecule has 0 aliphatic carbocycles. The monoisotopic (exact) mass is 310 g/mol. The Morgan fingerprint density at radius 1 is 1.22 bits per heavy atom. The standard InChI is InChI=1S/C11H16Cl2N2O2S/c1-2-3-4-5-15-18(16,17)11-9(12)6-8(14)7-10(11)13/h6-7,15H,2-5,14H2,1H3. The maximum absolute atomic E-state index is 12.0. The van der Waals surface area contributed by atoms with Gasteiger partial charge < -0.3 is 5.73 Å². The third-order valence-electron chi connectivity index (χ3n) is 2.36. The predicted molar refractivity (Wildman–Crippen MR) is 75.6 cm³/mol. The van der Waals surface area contributed by atoms with Crippen LogP contribution in [0.1, 0.15) is 26.2 Å². The van der Waals surface area contributed by atoms with Crippen molar-refractivity contribution in [2.45, 2.75) is 31.1 Å². The number of unbranched alkanes of at least 4 members (excludes halogenated alkanes) is 2.